The molecule has 0 spiro atoms. The molecule has 1 atom stereocenters. The zero-order valence-corrected chi connectivity index (χ0v) is 15.2. The number of sulfonamides is 1. The summed E-state index contributed by atoms with van der Waals surface area (Å²) in [5.41, 5.74) is 0.797. The molecule has 1 saturated heterocycles. The summed E-state index contributed by atoms with van der Waals surface area (Å²) in [4.78, 5) is 22.2. The Morgan fingerprint density at radius 3 is 2.26 bits per heavy atom. The van der Waals surface area contributed by atoms with Crippen molar-refractivity contribution < 1.29 is 28.2 Å². The smallest absolute Gasteiger partial charge is 0.337 e. The third kappa shape index (κ3) is 3.86. The number of carbonyl (C=O) groups is 2. The Kier molecular flexibility index (Phi) is 5.29. The third-order valence-electron chi connectivity index (χ3n) is 4.75. The van der Waals surface area contributed by atoms with Crippen LogP contribution in [0.1, 0.15) is 45.0 Å². The fourth-order valence-electron chi connectivity index (χ4n) is 3.34. The predicted molar refractivity (Wildman–Crippen MR) is 97.5 cm³/mol. The van der Waals surface area contributed by atoms with Crippen molar-refractivity contribution in [3.8, 4) is 0 Å². The lowest BCUT2D eigenvalue weighted by Crippen LogP contribution is -2.39. The monoisotopic (exact) mass is 389 g/mol. The number of hydrogen-bond acceptors (Lipinski definition) is 4. The minimum Gasteiger partial charge on any atom is -0.478 e. The molecule has 1 heterocycles. The van der Waals surface area contributed by atoms with Gasteiger partial charge in [-0.25, -0.2) is 18.0 Å². The Morgan fingerprint density at radius 2 is 1.63 bits per heavy atom. The number of rotatable bonds is 5. The Hall–Kier alpha value is -2.71. The highest BCUT2D eigenvalue weighted by molar-refractivity contribution is 7.89. The van der Waals surface area contributed by atoms with E-state index in [1.807, 2.05) is 0 Å². The molecule has 0 amide bonds. The van der Waals surface area contributed by atoms with Gasteiger partial charge in [0.05, 0.1) is 16.0 Å². The molecule has 2 N–H and O–H groups in total. The second kappa shape index (κ2) is 7.50. The van der Waals surface area contributed by atoms with Crippen molar-refractivity contribution in [1.82, 2.24) is 4.31 Å². The van der Waals surface area contributed by atoms with Crippen LogP contribution in [0.25, 0.3) is 0 Å². The zero-order chi connectivity index (χ0) is 19.6. The topological polar surface area (TPSA) is 112 Å². The molecule has 142 valence electrons. The molecule has 0 saturated carbocycles. The first kappa shape index (κ1) is 19.1. The quantitative estimate of drug-likeness (QED) is 0.813. The minimum atomic E-state index is -3.94. The van der Waals surface area contributed by atoms with Crippen molar-refractivity contribution >= 4 is 22.0 Å². The van der Waals surface area contributed by atoms with Crippen LogP contribution in [0.4, 0.5) is 0 Å². The van der Waals surface area contributed by atoms with Crippen molar-refractivity contribution in [2.75, 3.05) is 13.1 Å². The van der Waals surface area contributed by atoms with Gasteiger partial charge < -0.3 is 10.2 Å². The number of benzene rings is 2. The first-order valence-corrected chi connectivity index (χ1v) is 9.90. The van der Waals surface area contributed by atoms with Crippen LogP contribution in [0.3, 0.4) is 0 Å². The molecule has 0 radical (unpaired) electrons. The van der Waals surface area contributed by atoms with E-state index in [2.05, 4.69) is 0 Å². The van der Waals surface area contributed by atoms with Crippen LogP contribution in [-0.2, 0) is 10.0 Å². The van der Waals surface area contributed by atoms with Crippen molar-refractivity contribution in [1.29, 1.82) is 0 Å². The normalized spacial score (nSPS) is 18.1. The summed E-state index contributed by atoms with van der Waals surface area (Å²) in [6.07, 6.45) is 1.42. The number of piperidine rings is 1. The summed E-state index contributed by atoms with van der Waals surface area (Å²) in [7, 11) is -3.94. The molecule has 7 nitrogen and oxygen atoms in total. The van der Waals surface area contributed by atoms with Gasteiger partial charge in [0, 0.05) is 13.1 Å². The average Bonchev–Trinajstić information content (AvgIpc) is 2.68. The predicted octanol–water partition coefficient (Wildman–Crippen LogP) is 2.65. The van der Waals surface area contributed by atoms with Crippen molar-refractivity contribution in [3.63, 3.8) is 0 Å². The minimum absolute atomic E-state index is 0.0756. The Morgan fingerprint density at radius 1 is 0.963 bits per heavy atom. The second-order valence-electron chi connectivity index (χ2n) is 6.43. The van der Waals surface area contributed by atoms with Gasteiger partial charge in [-0.15, -0.1) is 0 Å². The van der Waals surface area contributed by atoms with Gasteiger partial charge in [0.15, 0.2) is 0 Å². The molecule has 8 heteroatoms. The largest absolute Gasteiger partial charge is 0.478 e. The molecule has 0 unspecified atom stereocenters. The van der Waals surface area contributed by atoms with Crippen molar-refractivity contribution in [2.24, 2.45) is 0 Å². The number of nitrogens with zero attached hydrogens (tertiary/aromatic N) is 1. The van der Waals surface area contributed by atoms with Gasteiger partial charge >= 0.3 is 11.9 Å². The SMILES string of the molecule is O=C(O)c1ccc([C@@H]2CCCN(S(=O)(=O)c3ccccc3C(=O)O)C2)cc1. The fourth-order valence-corrected chi connectivity index (χ4v) is 5.05. The molecule has 27 heavy (non-hydrogen) atoms. The first-order chi connectivity index (χ1) is 12.8. The molecule has 1 fully saturated rings. The third-order valence-corrected chi connectivity index (χ3v) is 6.67. The second-order valence-corrected chi connectivity index (χ2v) is 8.34. The standard InChI is InChI=1S/C19H19NO6S/c21-18(22)14-9-7-13(8-10-14)15-4-3-11-20(12-15)27(25,26)17-6-2-1-5-16(17)19(23)24/h1-2,5-10,15H,3-4,11-12H2,(H,21,22)(H,23,24)/t15-/m1/s1. The number of carboxylic acids is 2. The molecule has 2 aromatic rings. The maximum absolute atomic E-state index is 13.0. The summed E-state index contributed by atoms with van der Waals surface area (Å²) in [5, 5.41) is 18.3. The molecule has 1 aliphatic heterocycles. The fraction of sp³-hybridized carbons (Fsp3) is 0.263. The van der Waals surface area contributed by atoms with E-state index in [1.165, 1.54) is 40.7 Å². The molecule has 0 bridgehead atoms. The Bertz CT molecular complexity index is 968. The van der Waals surface area contributed by atoms with Gasteiger partial charge in [0.2, 0.25) is 10.0 Å². The van der Waals surface area contributed by atoms with Crippen LogP contribution in [0.2, 0.25) is 0 Å². The molecular weight excluding hydrogens is 370 g/mol. The van der Waals surface area contributed by atoms with Crippen LogP contribution in [-0.4, -0.2) is 48.0 Å². The van der Waals surface area contributed by atoms with Crippen molar-refractivity contribution in [3.05, 3.63) is 65.2 Å². The van der Waals surface area contributed by atoms with E-state index in [9.17, 15) is 23.1 Å². The van der Waals surface area contributed by atoms with E-state index < -0.39 is 22.0 Å². The lowest BCUT2D eigenvalue weighted by atomic mass is 9.91. The Labute approximate surface area is 156 Å². The van der Waals surface area contributed by atoms with Crippen LogP contribution in [0.5, 0.6) is 0 Å². The maximum atomic E-state index is 13.0. The highest BCUT2D eigenvalue weighted by Gasteiger charge is 2.33. The van der Waals surface area contributed by atoms with Crippen LogP contribution < -0.4 is 0 Å². The van der Waals surface area contributed by atoms with E-state index >= 15 is 0 Å². The molecule has 3 rings (SSSR count). The highest BCUT2D eigenvalue weighted by Crippen LogP contribution is 2.31. The first-order valence-electron chi connectivity index (χ1n) is 8.46. The summed E-state index contributed by atoms with van der Waals surface area (Å²) < 4.78 is 27.3. The van der Waals surface area contributed by atoms with Gasteiger partial charge in [0.1, 0.15) is 0 Å². The van der Waals surface area contributed by atoms with E-state index in [0.717, 1.165) is 12.0 Å². The number of carboxylic acid groups (broad SMARTS) is 2. The van der Waals surface area contributed by atoms with Gasteiger partial charge in [-0.1, -0.05) is 24.3 Å². The van der Waals surface area contributed by atoms with Crippen LogP contribution >= 0.6 is 0 Å². The van der Waals surface area contributed by atoms with Crippen LogP contribution in [0, 0.1) is 0 Å². The van der Waals surface area contributed by atoms with E-state index in [-0.39, 0.29) is 28.5 Å². The zero-order valence-electron chi connectivity index (χ0n) is 14.4. The summed E-state index contributed by atoms with van der Waals surface area (Å²) >= 11 is 0. The summed E-state index contributed by atoms with van der Waals surface area (Å²) in [5.74, 6) is -2.37. The van der Waals surface area contributed by atoms with Gasteiger partial charge in [-0.2, -0.15) is 4.31 Å². The molecule has 1 aliphatic rings. The molecule has 0 aliphatic carbocycles. The molecule has 0 aromatic heterocycles. The molecular formula is C19H19NO6S. The molecule has 2 aromatic carbocycles. The van der Waals surface area contributed by atoms with E-state index in [0.29, 0.717) is 13.0 Å². The van der Waals surface area contributed by atoms with Gasteiger partial charge in [0.25, 0.3) is 0 Å². The lowest BCUT2D eigenvalue weighted by molar-refractivity contribution is 0.0683. The lowest BCUT2D eigenvalue weighted by Gasteiger charge is -2.32. The van der Waals surface area contributed by atoms with Crippen LogP contribution in [0.15, 0.2) is 53.4 Å². The highest BCUT2D eigenvalue weighted by atomic mass is 32.2. The average molecular weight is 389 g/mol. The van der Waals surface area contributed by atoms with Gasteiger partial charge in [-0.3, -0.25) is 0 Å². The Balaban J connectivity index is 1.87. The van der Waals surface area contributed by atoms with E-state index in [1.54, 1.807) is 12.1 Å². The summed E-state index contributed by atoms with van der Waals surface area (Å²) in [6.45, 7) is 0.544. The number of hydrogen-bond donors (Lipinski definition) is 2. The maximum Gasteiger partial charge on any atom is 0.337 e. The summed E-state index contributed by atoms with van der Waals surface area (Å²) in [6, 6.07) is 12.0. The van der Waals surface area contributed by atoms with Crippen molar-refractivity contribution in [2.45, 2.75) is 23.7 Å². The van der Waals surface area contributed by atoms with E-state index in [4.69, 9.17) is 5.11 Å². The number of aromatic carboxylic acids is 2. The van der Waals surface area contributed by atoms with Gasteiger partial charge in [-0.05, 0) is 48.6 Å².